The van der Waals surface area contributed by atoms with Crippen LogP contribution in [0.3, 0.4) is 0 Å². The van der Waals surface area contributed by atoms with E-state index in [4.69, 9.17) is 0 Å². The van der Waals surface area contributed by atoms with E-state index in [1.807, 2.05) is 0 Å². The molecule has 1 rings (SSSR count). The van der Waals surface area contributed by atoms with E-state index in [0.29, 0.717) is 0 Å². The van der Waals surface area contributed by atoms with E-state index < -0.39 is 0 Å². The Morgan fingerprint density at radius 2 is 1.53 bits per heavy atom. The van der Waals surface area contributed by atoms with Crippen molar-refractivity contribution >= 4 is 37.8 Å². The largest absolute Gasteiger partial charge is 0.243 e. The lowest BCUT2D eigenvalue weighted by molar-refractivity contribution is -0.671. The highest BCUT2D eigenvalue weighted by Crippen LogP contribution is 2.09. The lowest BCUT2D eigenvalue weighted by Gasteiger charge is -2.00. The molecule has 5 heteroatoms. The summed E-state index contributed by atoms with van der Waals surface area (Å²) in [5.74, 6) is 1.05. The molecule has 0 N–H and O–H groups in total. The number of rotatable bonds is 10. The Morgan fingerprint density at radius 1 is 1.00 bits per heavy atom. The normalized spacial score (nSPS) is 10.1. The van der Waals surface area contributed by atoms with Crippen molar-refractivity contribution in [3.63, 3.8) is 0 Å². The summed E-state index contributed by atoms with van der Waals surface area (Å²) in [6.07, 6.45) is 17.3. The summed E-state index contributed by atoms with van der Waals surface area (Å²) in [5.41, 5.74) is 0. The van der Waals surface area contributed by atoms with Gasteiger partial charge in [0.25, 0.3) is 0 Å². The van der Waals surface area contributed by atoms with Gasteiger partial charge in [0.2, 0.25) is 6.33 Å². The van der Waals surface area contributed by atoms with Crippen LogP contribution in [0, 0.1) is 0 Å². The molecule has 2 nitrogen and oxygen atoms in total. The van der Waals surface area contributed by atoms with Gasteiger partial charge in [0.05, 0.1) is 13.6 Å². The molecule has 0 aromatic carbocycles. The number of unbranched alkanes of at least 4 members (excludes halogenated alkanes) is 7. The number of thiol groups is 1. The maximum absolute atomic E-state index is 4.45. The van der Waals surface area contributed by atoms with Crippen molar-refractivity contribution in [2.24, 2.45) is 7.05 Å². The lowest BCUT2D eigenvalue weighted by Crippen LogP contribution is -2.23. The van der Waals surface area contributed by atoms with Crippen LogP contribution in [0.1, 0.15) is 51.4 Å². The third-order valence-electron chi connectivity index (χ3n) is 3.15. The zero-order valence-electron chi connectivity index (χ0n) is 11.9. The molecule has 1 heterocycles. The fourth-order valence-corrected chi connectivity index (χ4v) is 2.32. The first-order valence-electron chi connectivity index (χ1n) is 7.09. The van der Waals surface area contributed by atoms with Crippen molar-refractivity contribution in [2.45, 2.75) is 57.9 Å². The summed E-state index contributed by atoms with van der Waals surface area (Å²) in [6.45, 7) is 1.17. The lowest BCUT2D eigenvalue weighted by atomic mass is 10.1. The van der Waals surface area contributed by atoms with E-state index in [2.05, 4.69) is 72.7 Å². The molecule has 0 saturated carbocycles. The molecule has 0 radical (unpaired) electrons. The Bertz CT molecular complexity index is 295. The van der Waals surface area contributed by atoms with Gasteiger partial charge in [-0.25, -0.2) is 9.13 Å². The predicted molar refractivity (Wildman–Crippen MR) is 91.2 cm³/mol. The van der Waals surface area contributed by atoms with Crippen LogP contribution in [0.2, 0.25) is 0 Å². The van der Waals surface area contributed by atoms with Crippen molar-refractivity contribution in [3.8, 4) is 0 Å². The van der Waals surface area contributed by atoms with Gasteiger partial charge in [-0.3, -0.25) is 0 Å². The van der Waals surface area contributed by atoms with E-state index in [1.165, 1.54) is 57.9 Å². The summed E-state index contributed by atoms with van der Waals surface area (Å²) in [7, 11) is 6.52. The average molecular weight is 371 g/mol. The third-order valence-corrected chi connectivity index (χ3v) is 3.46. The number of hydrogen-bond donors (Lipinski definition) is 1. The first-order chi connectivity index (χ1) is 9.33. The van der Waals surface area contributed by atoms with Crippen molar-refractivity contribution < 1.29 is 4.57 Å². The first-order valence-corrected chi connectivity index (χ1v) is 9.81. The van der Waals surface area contributed by atoms with Crippen LogP contribution in [0.4, 0.5) is 0 Å². The Hall–Kier alpha value is 0.330. The highest BCUT2D eigenvalue weighted by Gasteiger charge is 1.99. The van der Waals surface area contributed by atoms with Crippen LogP contribution in [0.15, 0.2) is 18.7 Å². The van der Waals surface area contributed by atoms with Crippen molar-refractivity contribution in [3.05, 3.63) is 18.7 Å². The van der Waals surface area contributed by atoms with Crippen molar-refractivity contribution in [1.29, 1.82) is 0 Å². The number of halogens is 2. The molecule has 0 bridgehead atoms. The second kappa shape index (κ2) is 14.7. The van der Waals surface area contributed by atoms with E-state index in [0.717, 1.165) is 5.75 Å². The van der Waals surface area contributed by atoms with Gasteiger partial charge in [0, 0.05) is 15.0 Å². The van der Waals surface area contributed by atoms with E-state index >= 15 is 0 Å². The van der Waals surface area contributed by atoms with Gasteiger partial charge in [-0.1, -0.05) is 32.1 Å². The van der Waals surface area contributed by atoms with Gasteiger partial charge in [-0.15, -0.1) is 0 Å². The maximum Gasteiger partial charge on any atom is 0.243 e. The highest BCUT2D eigenvalue weighted by molar-refractivity contribution is 9.22. The third kappa shape index (κ3) is 11.8. The van der Waals surface area contributed by atoms with Gasteiger partial charge in [-0.05, 0) is 35.1 Å². The van der Waals surface area contributed by atoms with E-state index in [9.17, 15) is 0 Å². The molecule has 112 valence electrons. The molecule has 1 aromatic heterocycles. The minimum absolute atomic E-state index is 1.05. The van der Waals surface area contributed by atoms with Gasteiger partial charge in [-0.2, -0.15) is 12.6 Å². The van der Waals surface area contributed by atoms with E-state index in [-0.39, 0.29) is 0 Å². The van der Waals surface area contributed by atoms with Crippen LogP contribution in [-0.4, -0.2) is 10.3 Å². The first kappa shape index (κ1) is 19.3. The molecular formula is C14H27BrClN2S+. The minimum atomic E-state index is 1.05. The average Bonchev–Trinajstić information content (AvgIpc) is 2.85. The van der Waals surface area contributed by atoms with Gasteiger partial charge in [0.15, 0.2) is 0 Å². The number of nitrogens with zero attached hydrogens (tertiary/aromatic N) is 2. The highest BCUT2D eigenvalue weighted by atomic mass is 79.9. The zero-order valence-corrected chi connectivity index (χ0v) is 15.1. The summed E-state index contributed by atoms with van der Waals surface area (Å²) >= 11 is 6.63. The Labute approximate surface area is 136 Å². The molecule has 19 heavy (non-hydrogen) atoms. The summed E-state index contributed by atoms with van der Waals surface area (Å²) in [4.78, 5) is 0. The fourth-order valence-electron chi connectivity index (χ4n) is 2.10. The molecule has 0 fully saturated rings. The van der Waals surface area contributed by atoms with E-state index in [1.54, 1.807) is 0 Å². The molecule has 0 aliphatic rings. The summed E-state index contributed by atoms with van der Waals surface area (Å²) in [6, 6.07) is 0. The monoisotopic (exact) mass is 369 g/mol. The molecule has 0 aliphatic carbocycles. The molecule has 0 saturated heterocycles. The topological polar surface area (TPSA) is 8.81 Å². The maximum atomic E-state index is 4.45. The van der Waals surface area contributed by atoms with Crippen LogP contribution in [0.25, 0.3) is 0 Å². The molecule has 0 aliphatic heterocycles. The van der Waals surface area contributed by atoms with Gasteiger partial charge >= 0.3 is 0 Å². The van der Waals surface area contributed by atoms with Crippen molar-refractivity contribution in [1.82, 2.24) is 4.57 Å². The number of imidazole rings is 1. The summed E-state index contributed by atoms with van der Waals surface area (Å²) < 4.78 is 4.37. The van der Waals surface area contributed by atoms with Crippen LogP contribution in [0.5, 0.6) is 0 Å². The second-order valence-corrected chi connectivity index (χ2v) is 5.32. The molecule has 0 unspecified atom stereocenters. The molecule has 0 spiro atoms. The standard InChI is InChI=1S/C14H26N2S.BrCl/c1-15-11-12-16(14-15)10-8-6-4-2-3-5-7-9-13-17;1-2/h11-12,14H,2-10,13H2,1H3;/p+1. The number of aromatic nitrogens is 2. The number of aryl methyl sites for hydroxylation is 2. The zero-order chi connectivity index (χ0) is 14.3. The Morgan fingerprint density at radius 3 is 2.00 bits per heavy atom. The number of hydrogen-bond acceptors (Lipinski definition) is 1. The predicted octanol–water partition coefficient (Wildman–Crippen LogP) is 4.90. The Balaban J connectivity index is 0.00000154. The van der Waals surface area contributed by atoms with Gasteiger partial charge in [0.1, 0.15) is 12.4 Å². The van der Waals surface area contributed by atoms with Crippen LogP contribution in [-0.2, 0) is 13.6 Å². The molecule has 1 aromatic rings. The van der Waals surface area contributed by atoms with Gasteiger partial charge < -0.3 is 0 Å². The molecule has 0 amide bonds. The Kier molecular flexibility index (Phi) is 15.0. The molecular weight excluding hydrogens is 344 g/mol. The van der Waals surface area contributed by atoms with Crippen LogP contribution < -0.4 is 4.57 Å². The SMILES string of the molecule is C[n+]1ccn(CCCCCCCCCCS)c1.ClBr. The summed E-state index contributed by atoms with van der Waals surface area (Å²) in [5, 5.41) is 0. The minimum Gasteiger partial charge on any atom is -0.240 e. The fraction of sp³-hybridized carbons (Fsp3) is 0.786. The molecule has 0 atom stereocenters. The second-order valence-electron chi connectivity index (χ2n) is 4.87. The van der Waals surface area contributed by atoms with Crippen LogP contribution >= 0.6 is 37.8 Å². The smallest absolute Gasteiger partial charge is 0.240 e. The van der Waals surface area contributed by atoms with Crippen molar-refractivity contribution in [2.75, 3.05) is 5.75 Å². The quantitative estimate of drug-likeness (QED) is 0.341.